The Morgan fingerprint density at radius 2 is 1.87 bits per heavy atom. The summed E-state index contributed by atoms with van der Waals surface area (Å²) in [6.07, 6.45) is -0.812. The fraction of sp³-hybridized carbons (Fsp3) is 0.235. The number of methoxy groups -OCH3 is 2. The maximum absolute atomic E-state index is 13.1. The second-order valence-corrected chi connectivity index (χ2v) is 4.77. The molecular weight excluding hydrogens is 301 g/mol. The molecule has 0 fully saturated rings. The van der Waals surface area contributed by atoms with Gasteiger partial charge in [-0.1, -0.05) is 6.07 Å². The molecule has 0 heterocycles. The number of hydrogen-bond donors (Lipinski definition) is 1. The lowest BCUT2D eigenvalue weighted by Crippen LogP contribution is -2.30. The minimum atomic E-state index is -0.812. The zero-order valence-electron chi connectivity index (χ0n) is 13.1. The number of rotatable bonds is 6. The van der Waals surface area contributed by atoms with E-state index in [0.29, 0.717) is 17.2 Å². The number of nitrogens with one attached hydrogen (secondary N) is 1. The van der Waals surface area contributed by atoms with Crippen LogP contribution in [-0.2, 0) is 4.79 Å². The third kappa shape index (κ3) is 4.35. The van der Waals surface area contributed by atoms with Crippen LogP contribution in [0.4, 0.5) is 10.1 Å². The van der Waals surface area contributed by atoms with Crippen molar-refractivity contribution in [3.05, 3.63) is 48.3 Å². The smallest absolute Gasteiger partial charge is 0.265 e. The third-order valence-electron chi connectivity index (χ3n) is 3.14. The molecule has 0 aliphatic heterocycles. The van der Waals surface area contributed by atoms with Crippen LogP contribution in [0.15, 0.2) is 42.5 Å². The van der Waals surface area contributed by atoms with Crippen molar-refractivity contribution < 1.29 is 23.4 Å². The summed E-state index contributed by atoms with van der Waals surface area (Å²) in [5, 5.41) is 2.71. The average molecular weight is 319 g/mol. The SMILES string of the molecule is COc1ccc(OC)c(NC(=O)C(C)Oc2cccc(F)c2)c1. The van der Waals surface area contributed by atoms with E-state index in [4.69, 9.17) is 14.2 Å². The summed E-state index contributed by atoms with van der Waals surface area (Å²) in [6, 6.07) is 10.7. The zero-order chi connectivity index (χ0) is 16.8. The molecule has 2 aromatic rings. The fourth-order valence-electron chi connectivity index (χ4n) is 1.94. The highest BCUT2D eigenvalue weighted by molar-refractivity contribution is 5.95. The number of halogens is 1. The van der Waals surface area contributed by atoms with Crippen LogP contribution >= 0.6 is 0 Å². The van der Waals surface area contributed by atoms with E-state index < -0.39 is 11.9 Å². The number of carbonyl (C=O) groups excluding carboxylic acids is 1. The van der Waals surface area contributed by atoms with Gasteiger partial charge in [-0.05, 0) is 31.2 Å². The Morgan fingerprint density at radius 3 is 2.52 bits per heavy atom. The van der Waals surface area contributed by atoms with Crippen LogP contribution in [0, 0.1) is 5.82 Å². The number of carbonyl (C=O) groups is 1. The molecule has 6 heteroatoms. The Hall–Kier alpha value is -2.76. The Kier molecular flexibility index (Phi) is 5.41. The molecule has 23 heavy (non-hydrogen) atoms. The normalized spacial score (nSPS) is 11.5. The van der Waals surface area contributed by atoms with E-state index in [9.17, 15) is 9.18 Å². The molecule has 1 unspecified atom stereocenters. The second kappa shape index (κ2) is 7.49. The molecule has 0 spiro atoms. The molecule has 1 N–H and O–H groups in total. The fourth-order valence-corrected chi connectivity index (χ4v) is 1.94. The van der Waals surface area contributed by atoms with Crippen molar-refractivity contribution in [1.29, 1.82) is 0 Å². The van der Waals surface area contributed by atoms with E-state index >= 15 is 0 Å². The molecule has 0 saturated heterocycles. The molecule has 0 radical (unpaired) electrons. The molecular formula is C17H18FNO4. The third-order valence-corrected chi connectivity index (χ3v) is 3.14. The number of hydrogen-bond acceptors (Lipinski definition) is 4. The molecule has 0 aliphatic rings. The standard InChI is InChI=1S/C17H18FNO4/c1-11(23-14-6-4-5-12(18)9-14)17(20)19-15-10-13(21-2)7-8-16(15)22-3/h4-11H,1-3H3,(H,19,20). The van der Waals surface area contributed by atoms with Crippen LogP contribution in [0.2, 0.25) is 0 Å². The highest BCUT2D eigenvalue weighted by atomic mass is 19.1. The lowest BCUT2D eigenvalue weighted by molar-refractivity contribution is -0.122. The minimum absolute atomic E-state index is 0.283. The predicted molar refractivity (Wildman–Crippen MR) is 84.7 cm³/mol. The van der Waals surface area contributed by atoms with E-state index in [-0.39, 0.29) is 11.7 Å². The van der Waals surface area contributed by atoms with Gasteiger partial charge in [0, 0.05) is 12.1 Å². The number of benzene rings is 2. The van der Waals surface area contributed by atoms with Crippen molar-refractivity contribution in [3.8, 4) is 17.2 Å². The van der Waals surface area contributed by atoms with Crippen LogP contribution < -0.4 is 19.5 Å². The monoisotopic (exact) mass is 319 g/mol. The van der Waals surface area contributed by atoms with Crippen molar-refractivity contribution in [2.45, 2.75) is 13.0 Å². The van der Waals surface area contributed by atoms with Crippen LogP contribution in [0.1, 0.15) is 6.92 Å². The topological polar surface area (TPSA) is 56.8 Å². The van der Waals surface area contributed by atoms with Crippen LogP contribution in [0.3, 0.4) is 0 Å². The van der Waals surface area contributed by atoms with Crippen molar-refractivity contribution in [2.24, 2.45) is 0 Å². The maximum atomic E-state index is 13.1. The van der Waals surface area contributed by atoms with Gasteiger partial charge in [-0.2, -0.15) is 0 Å². The van der Waals surface area contributed by atoms with Gasteiger partial charge in [-0.15, -0.1) is 0 Å². The summed E-state index contributed by atoms with van der Waals surface area (Å²) in [7, 11) is 3.03. The molecule has 2 rings (SSSR count). The summed E-state index contributed by atoms with van der Waals surface area (Å²) >= 11 is 0. The summed E-state index contributed by atoms with van der Waals surface area (Å²) in [5.74, 6) is 0.549. The first-order chi connectivity index (χ1) is 11.0. The zero-order valence-corrected chi connectivity index (χ0v) is 13.1. The molecule has 0 aromatic heterocycles. The lowest BCUT2D eigenvalue weighted by atomic mass is 10.2. The van der Waals surface area contributed by atoms with Crippen molar-refractivity contribution in [1.82, 2.24) is 0 Å². The van der Waals surface area contributed by atoms with Crippen molar-refractivity contribution in [2.75, 3.05) is 19.5 Å². The van der Waals surface area contributed by atoms with E-state index in [1.807, 2.05) is 0 Å². The van der Waals surface area contributed by atoms with Gasteiger partial charge in [0.25, 0.3) is 5.91 Å². The molecule has 1 atom stereocenters. The Labute approximate surface area is 134 Å². The first-order valence-corrected chi connectivity index (χ1v) is 6.98. The van der Waals surface area contributed by atoms with Gasteiger partial charge < -0.3 is 19.5 Å². The van der Waals surface area contributed by atoms with Crippen molar-refractivity contribution in [3.63, 3.8) is 0 Å². The first kappa shape index (κ1) is 16.6. The molecule has 5 nitrogen and oxygen atoms in total. The summed E-state index contributed by atoms with van der Waals surface area (Å²) < 4.78 is 28.9. The predicted octanol–water partition coefficient (Wildman–Crippen LogP) is 3.25. The highest BCUT2D eigenvalue weighted by Crippen LogP contribution is 2.29. The maximum Gasteiger partial charge on any atom is 0.265 e. The molecule has 0 bridgehead atoms. The van der Waals surface area contributed by atoms with Crippen LogP contribution in [0.25, 0.3) is 0 Å². The summed E-state index contributed by atoms with van der Waals surface area (Å²) in [4.78, 5) is 12.2. The molecule has 0 saturated carbocycles. The Bertz CT molecular complexity index is 690. The van der Waals surface area contributed by atoms with Crippen LogP contribution in [-0.4, -0.2) is 26.2 Å². The van der Waals surface area contributed by atoms with E-state index in [0.717, 1.165) is 0 Å². The Morgan fingerprint density at radius 1 is 1.09 bits per heavy atom. The second-order valence-electron chi connectivity index (χ2n) is 4.77. The minimum Gasteiger partial charge on any atom is -0.497 e. The first-order valence-electron chi connectivity index (χ1n) is 6.98. The number of amides is 1. The largest absolute Gasteiger partial charge is 0.497 e. The van der Waals surface area contributed by atoms with Crippen LogP contribution in [0.5, 0.6) is 17.2 Å². The van der Waals surface area contributed by atoms with Gasteiger partial charge in [-0.3, -0.25) is 4.79 Å². The van der Waals surface area contributed by atoms with Gasteiger partial charge in [0.2, 0.25) is 0 Å². The van der Waals surface area contributed by atoms with E-state index in [1.165, 1.54) is 32.4 Å². The summed E-state index contributed by atoms with van der Waals surface area (Å²) in [6.45, 7) is 1.58. The van der Waals surface area contributed by atoms with Gasteiger partial charge in [0.15, 0.2) is 6.10 Å². The van der Waals surface area contributed by atoms with Gasteiger partial charge in [-0.25, -0.2) is 4.39 Å². The molecule has 0 aliphatic carbocycles. The van der Waals surface area contributed by atoms with Gasteiger partial charge >= 0.3 is 0 Å². The van der Waals surface area contributed by atoms with Gasteiger partial charge in [0.05, 0.1) is 19.9 Å². The van der Waals surface area contributed by atoms with E-state index in [1.54, 1.807) is 31.2 Å². The quantitative estimate of drug-likeness (QED) is 0.888. The number of anilines is 1. The lowest BCUT2D eigenvalue weighted by Gasteiger charge is -2.16. The average Bonchev–Trinajstić information content (AvgIpc) is 2.54. The highest BCUT2D eigenvalue weighted by Gasteiger charge is 2.17. The van der Waals surface area contributed by atoms with Gasteiger partial charge in [0.1, 0.15) is 23.1 Å². The Balaban J connectivity index is 2.09. The molecule has 1 amide bonds. The number of ether oxygens (including phenoxy) is 3. The summed E-state index contributed by atoms with van der Waals surface area (Å²) in [5.41, 5.74) is 0.464. The van der Waals surface area contributed by atoms with E-state index in [2.05, 4.69) is 5.32 Å². The van der Waals surface area contributed by atoms with Crippen molar-refractivity contribution >= 4 is 11.6 Å². The molecule has 122 valence electrons. The molecule has 2 aromatic carbocycles.